The van der Waals surface area contributed by atoms with Gasteiger partial charge >= 0.3 is 0 Å². The second-order valence-electron chi connectivity index (χ2n) is 13.3. The van der Waals surface area contributed by atoms with E-state index in [2.05, 4.69) is 9.98 Å². The highest BCUT2D eigenvalue weighted by Gasteiger charge is 2.28. The standard InChI is InChI=1S/C43H34N2O10S/c46-25-44-34-5-1-30-17-36(7-3-28(30)15-34)50-13-14-51-42-11-9-40(21-32(42)19-38-23-52-38)56(48,49)41-10-12-43(33(22-41)20-39-24-53-39)55-27-54-37-8-4-29-16-35(45-26-47)6-2-31(29)18-37/h1-12,15-18,21-22,38-39H,13-14,19-20,23-24,27H2. The van der Waals surface area contributed by atoms with Gasteiger partial charge in [0.2, 0.25) is 28.8 Å². The lowest BCUT2D eigenvalue weighted by Gasteiger charge is -2.16. The van der Waals surface area contributed by atoms with Crippen LogP contribution in [0.5, 0.6) is 23.0 Å². The van der Waals surface area contributed by atoms with Crippen LogP contribution in [0.2, 0.25) is 0 Å². The van der Waals surface area contributed by atoms with Crippen LogP contribution >= 0.6 is 0 Å². The van der Waals surface area contributed by atoms with E-state index in [4.69, 9.17) is 28.4 Å². The molecule has 13 heteroatoms. The number of ether oxygens (including phenoxy) is 6. The summed E-state index contributed by atoms with van der Waals surface area (Å²) in [5.41, 5.74) is 2.46. The molecular weight excluding hydrogens is 737 g/mol. The summed E-state index contributed by atoms with van der Waals surface area (Å²) < 4.78 is 63.0. The number of hydrogen-bond acceptors (Lipinski definition) is 12. The first-order chi connectivity index (χ1) is 27.3. The van der Waals surface area contributed by atoms with Crippen LogP contribution in [0, 0.1) is 0 Å². The van der Waals surface area contributed by atoms with Crippen LogP contribution in [0.3, 0.4) is 0 Å². The number of rotatable bonds is 17. The second-order valence-corrected chi connectivity index (χ2v) is 15.2. The fourth-order valence-corrected chi connectivity index (χ4v) is 7.73. The highest BCUT2D eigenvalue weighted by molar-refractivity contribution is 7.91. The SMILES string of the molecule is O=C=Nc1ccc2cc(OCCOc3ccc(S(=O)(=O)c4ccc(OCOc5ccc6cc(N=C=O)ccc6c5)c(CC5CO5)c4)cc3CC3CO3)ccc2c1. The smallest absolute Gasteiger partial charge is 0.240 e. The fourth-order valence-electron chi connectivity index (χ4n) is 6.36. The molecule has 12 nitrogen and oxygen atoms in total. The molecule has 282 valence electrons. The Hall–Kier alpha value is -6.33. The second kappa shape index (κ2) is 16.2. The lowest BCUT2D eigenvalue weighted by Crippen LogP contribution is -2.12. The molecule has 2 unspecified atom stereocenters. The van der Waals surface area contributed by atoms with Crippen LogP contribution in [0.25, 0.3) is 21.5 Å². The third kappa shape index (κ3) is 8.79. The number of sulfone groups is 1. The Balaban J connectivity index is 0.933. The van der Waals surface area contributed by atoms with E-state index in [1.165, 1.54) is 6.07 Å². The molecule has 2 atom stereocenters. The highest BCUT2D eigenvalue weighted by atomic mass is 32.2. The van der Waals surface area contributed by atoms with Gasteiger partial charge in [-0.1, -0.05) is 24.3 Å². The Labute approximate surface area is 321 Å². The number of isocyanates is 2. The summed E-state index contributed by atoms with van der Waals surface area (Å²) in [5.74, 6) is 2.29. The van der Waals surface area contributed by atoms with Gasteiger partial charge in [0.15, 0.2) is 0 Å². The first kappa shape index (κ1) is 36.6. The van der Waals surface area contributed by atoms with Crippen LogP contribution in [0.4, 0.5) is 11.4 Å². The van der Waals surface area contributed by atoms with Crippen LogP contribution in [-0.2, 0) is 41.7 Å². The van der Waals surface area contributed by atoms with E-state index in [9.17, 15) is 18.0 Å². The van der Waals surface area contributed by atoms with Gasteiger partial charge in [-0.2, -0.15) is 9.98 Å². The van der Waals surface area contributed by atoms with E-state index in [1.807, 2.05) is 42.5 Å². The summed E-state index contributed by atoms with van der Waals surface area (Å²) in [6, 6.07) is 31.6. The molecule has 0 aliphatic carbocycles. The zero-order chi connectivity index (χ0) is 38.5. The fraction of sp³-hybridized carbons (Fsp3) is 0.209. The van der Waals surface area contributed by atoms with Crippen molar-refractivity contribution >= 4 is 54.9 Å². The number of epoxide rings is 2. The number of hydrogen-bond donors (Lipinski definition) is 0. The van der Waals surface area contributed by atoms with Crippen LogP contribution in [0.1, 0.15) is 11.1 Å². The highest BCUT2D eigenvalue weighted by Crippen LogP contribution is 2.34. The van der Waals surface area contributed by atoms with Gasteiger partial charge < -0.3 is 28.4 Å². The zero-order valence-electron chi connectivity index (χ0n) is 29.9. The summed E-state index contributed by atoms with van der Waals surface area (Å²) in [4.78, 5) is 28.8. The summed E-state index contributed by atoms with van der Waals surface area (Å²) in [5, 5.41) is 3.64. The molecule has 8 rings (SSSR count). The van der Waals surface area contributed by atoms with Crippen molar-refractivity contribution < 1.29 is 46.4 Å². The maximum absolute atomic E-state index is 14.1. The lowest BCUT2D eigenvalue weighted by molar-refractivity contribution is 0.118. The third-order valence-electron chi connectivity index (χ3n) is 9.37. The van der Waals surface area contributed by atoms with Crippen molar-refractivity contribution in [2.24, 2.45) is 9.98 Å². The largest absolute Gasteiger partial charge is 0.490 e. The van der Waals surface area contributed by atoms with Crippen molar-refractivity contribution in [3.8, 4) is 23.0 Å². The minimum Gasteiger partial charge on any atom is -0.490 e. The molecule has 56 heavy (non-hydrogen) atoms. The Morgan fingerprint density at radius 3 is 1.54 bits per heavy atom. The van der Waals surface area contributed by atoms with Crippen LogP contribution in [0.15, 0.2) is 129 Å². The minimum absolute atomic E-state index is 0.00343. The Bertz CT molecular complexity index is 2640. The monoisotopic (exact) mass is 770 g/mol. The molecule has 2 fully saturated rings. The predicted molar refractivity (Wildman–Crippen MR) is 206 cm³/mol. The molecule has 0 spiro atoms. The average molecular weight is 771 g/mol. The summed E-state index contributed by atoms with van der Waals surface area (Å²) in [7, 11) is -3.93. The van der Waals surface area contributed by atoms with E-state index >= 15 is 0 Å². The molecule has 0 amide bonds. The van der Waals surface area contributed by atoms with E-state index in [-0.39, 0.29) is 42.0 Å². The predicted octanol–water partition coefficient (Wildman–Crippen LogP) is 7.52. The number of fused-ring (bicyclic) bond motifs is 2. The molecule has 0 radical (unpaired) electrons. The van der Waals surface area contributed by atoms with Crippen LogP contribution < -0.4 is 18.9 Å². The maximum atomic E-state index is 14.1. The van der Waals surface area contributed by atoms with Gasteiger partial charge in [-0.3, -0.25) is 0 Å². The van der Waals surface area contributed by atoms with Gasteiger partial charge in [-0.25, -0.2) is 18.0 Å². The van der Waals surface area contributed by atoms with E-state index in [1.54, 1.807) is 72.8 Å². The van der Waals surface area contributed by atoms with Gasteiger partial charge in [0.05, 0.1) is 46.6 Å². The number of benzene rings is 6. The Kier molecular flexibility index (Phi) is 10.6. The molecule has 2 aliphatic heterocycles. The quantitative estimate of drug-likeness (QED) is 0.0299. The molecule has 6 aromatic carbocycles. The molecule has 0 N–H and O–H groups in total. The molecule has 2 aliphatic rings. The number of aliphatic imine (C=N–C) groups is 2. The Morgan fingerprint density at radius 2 is 1.02 bits per heavy atom. The zero-order valence-corrected chi connectivity index (χ0v) is 30.7. The van der Waals surface area contributed by atoms with Crippen LogP contribution in [-0.4, -0.2) is 66.0 Å². The average Bonchev–Trinajstić information content (AvgIpc) is 4.16. The van der Waals surface area contributed by atoms with Crippen molar-refractivity contribution in [2.75, 3.05) is 33.2 Å². The summed E-state index contributed by atoms with van der Waals surface area (Å²) in [6.07, 6.45) is 4.06. The molecule has 6 aromatic rings. The molecule has 2 saturated heterocycles. The van der Waals surface area contributed by atoms with Crippen molar-refractivity contribution in [2.45, 2.75) is 34.8 Å². The van der Waals surface area contributed by atoms with Gasteiger partial charge in [0.1, 0.15) is 36.2 Å². The number of carbonyl (C=O) groups excluding carboxylic acids is 2. The number of nitrogens with zero attached hydrogens (tertiary/aromatic N) is 2. The molecule has 0 aromatic heterocycles. The van der Waals surface area contributed by atoms with Crippen molar-refractivity contribution in [1.29, 1.82) is 0 Å². The molecule has 2 heterocycles. The van der Waals surface area contributed by atoms with Gasteiger partial charge in [0.25, 0.3) is 0 Å². The van der Waals surface area contributed by atoms with E-state index < -0.39 is 9.84 Å². The van der Waals surface area contributed by atoms with Crippen molar-refractivity contribution in [3.05, 3.63) is 120 Å². The normalized spacial score (nSPS) is 15.7. The van der Waals surface area contributed by atoms with Gasteiger partial charge in [0, 0.05) is 12.8 Å². The summed E-state index contributed by atoms with van der Waals surface area (Å²) >= 11 is 0. The summed E-state index contributed by atoms with van der Waals surface area (Å²) in [6.45, 7) is 1.57. The Morgan fingerprint density at radius 1 is 0.554 bits per heavy atom. The first-order valence-electron chi connectivity index (χ1n) is 17.8. The maximum Gasteiger partial charge on any atom is 0.240 e. The van der Waals surface area contributed by atoms with Crippen molar-refractivity contribution in [3.63, 3.8) is 0 Å². The minimum atomic E-state index is -3.93. The van der Waals surface area contributed by atoms with E-state index in [0.717, 1.165) is 27.1 Å². The third-order valence-corrected chi connectivity index (χ3v) is 11.1. The molecule has 0 saturated carbocycles. The topological polar surface area (TPSA) is 155 Å². The van der Waals surface area contributed by atoms with E-state index in [0.29, 0.717) is 66.0 Å². The van der Waals surface area contributed by atoms with Gasteiger partial charge in [-0.15, -0.1) is 0 Å². The molecule has 0 bridgehead atoms. The van der Waals surface area contributed by atoms with Crippen molar-refractivity contribution in [1.82, 2.24) is 0 Å². The molecular formula is C43H34N2O10S. The van der Waals surface area contributed by atoms with Gasteiger partial charge in [-0.05, 0) is 118 Å². The lowest BCUT2D eigenvalue weighted by atomic mass is 10.1. The first-order valence-corrected chi connectivity index (χ1v) is 19.3.